The summed E-state index contributed by atoms with van der Waals surface area (Å²) in [6, 6.07) is 14.1. The van der Waals surface area contributed by atoms with E-state index in [1.807, 2.05) is 30.3 Å². The molecule has 3 N–H and O–H groups in total. The third-order valence-electron chi connectivity index (χ3n) is 3.14. The lowest BCUT2D eigenvalue weighted by Gasteiger charge is -2.10. The van der Waals surface area contributed by atoms with Crippen LogP contribution in [0.4, 0.5) is 11.4 Å². The standard InChI is InChI=1S/C16H20N2O/c1-12-11-14(17)5-8-16(12)18-10-9-13-3-6-15(19-2)7-4-13/h3-8,11,18H,9-10,17H2,1-2H3. The molecule has 0 atom stereocenters. The van der Waals surface area contributed by atoms with E-state index in [0.29, 0.717) is 0 Å². The summed E-state index contributed by atoms with van der Waals surface area (Å²) in [4.78, 5) is 0. The van der Waals surface area contributed by atoms with E-state index in [4.69, 9.17) is 10.5 Å². The van der Waals surface area contributed by atoms with Gasteiger partial charge in [-0.15, -0.1) is 0 Å². The van der Waals surface area contributed by atoms with Crippen LogP contribution in [-0.4, -0.2) is 13.7 Å². The van der Waals surface area contributed by atoms with Crippen molar-refractivity contribution in [2.24, 2.45) is 0 Å². The molecule has 0 saturated heterocycles. The zero-order chi connectivity index (χ0) is 13.7. The summed E-state index contributed by atoms with van der Waals surface area (Å²) in [5, 5.41) is 3.43. The van der Waals surface area contributed by atoms with E-state index >= 15 is 0 Å². The van der Waals surface area contributed by atoms with Crippen molar-refractivity contribution in [1.82, 2.24) is 0 Å². The second kappa shape index (κ2) is 6.14. The SMILES string of the molecule is COc1ccc(CCNc2ccc(N)cc2C)cc1. The molecule has 0 bridgehead atoms. The van der Waals surface area contributed by atoms with Crippen LogP contribution in [0.3, 0.4) is 0 Å². The molecule has 0 aliphatic heterocycles. The van der Waals surface area contributed by atoms with Gasteiger partial charge >= 0.3 is 0 Å². The van der Waals surface area contributed by atoms with Crippen molar-refractivity contribution in [2.45, 2.75) is 13.3 Å². The van der Waals surface area contributed by atoms with Crippen LogP contribution < -0.4 is 15.8 Å². The maximum atomic E-state index is 5.73. The van der Waals surface area contributed by atoms with E-state index in [9.17, 15) is 0 Å². The first-order valence-electron chi connectivity index (χ1n) is 6.42. The summed E-state index contributed by atoms with van der Waals surface area (Å²) in [5.74, 6) is 0.895. The maximum absolute atomic E-state index is 5.73. The summed E-state index contributed by atoms with van der Waals surface area (Å²) >= 11 is 0. The first-order chi connectivity index (χ1) is 9.19. The van der Waals surface area contributed by atoms with Crippen LogP contribution in [0.1, 0.15) is 11.1 Å². The van der Waals surface area contributed by atoms with Crippen LogP contribution in [0.5, 0.6) is 5.75 Å². The zero-order valence-electron chi connectivity index (χ0n) is 11.4. The van der Waals surface area contributed by atoms with Gasteiger partial charge in [0.1, 0.15) is 5.75 Å². The van der Waals surface area contributed by atoms with Crippen LogP contribution >= 0.6 is 0 Å². The Hall–Kier alpha value is -2.16. The monoisotopic (exact) mass is 256 g/mol. The van der Waals surface area contributed by atoms with Crippen LogP contribution in [-0.2, 0) is 6.42 Å². The Morgan fingerprint density at radius 1 is 1.11 bits per heavy atom. The molecule has 3 heteroatoms. The third-order valence-corrected chi connectivity index (χ3v) is 3.14. The summed E-state index contributed by atoms with van der Waals surface area (Å²) in [7, 11) is 1.68. The van der Waals surface area contributed by atoms with Gasteiger partial charge in [0.2, 0.25) is 0 Å². The largest absolute Gasteiger partial charge is 0.497 e. The Bertz CT molecular complexity index is 535. The Morgan fingerprint density at radius 3 is 2.47 bits per heavy atom. The molecule has 0 aromatic heterocycles. The number of methoxy groups -OCH3 is 1. The Kier molecular flexibility index (Phi) is 4.29. The lowest BCUT2D eigenvalue weighted by atomic mass is 10.1. The molecule has 100 valence electrons. The summed E-state index contributed by atoms with van der Waals surface area (Å²) in [6.45, 7) is 2.96. The highest BCUT2D eigenvalue weighted by atomic mass is 16.5. The van der Waals surface area contributed by atoms with Gasteiger partial charge in [0.05, 0.1) is 7.11 Å². The summed E-state index contributed by atoms with van der Waals surface area (Å²) in [6.07, 6.45) is 0.980. The van der Waals surface area contributed by atoms with Gasteiger partial charge in [-0.25, -0.2) is 0 Å². The van der Waals surface area contributed by atoms with Gasteiger partial charge < -0.3 is 15.8 Å². The Balaban J connectivity index is 1.88. The van der Waals surface area contributed by atoms with Crippen molar-refractivity contribution >= 4 is 11.4 Å². The molecule has 0 unspecified atom stereocenters. The fourth-order valence-electron chi connectivity index (χ4n) is 2.02. The van der Waals surface area contributed by atoms with E-state index in [0.717, 1.165) is 30.1 Å². The van der Waals surface area contributed by atoms with Crippen molar-refractivity contribution in [3.05, 3.63) is 53.6 Å². The van der Waals surface area contributed by atoms with Gasteiger partial charge in [0.15, 0.2) is 0 Å². The number of anilines is 2. The molecule has 2 aromatic carbocycles. The molecule has 0 spiro atoms. The number of nitrogens with one attached hydrogen (secondary N) is 1. The van der Waals surface area contributed by atoms with E-state index in [1.54, 1.807) is 7.11 Å². The number of hydrogen-bond acceptors (Lipinski definition) is 3. The molecular formula is C16H20N2O. The molecule has 0 amide bonds. The maximum Gasteiger partial charge on any atom is 0.118 e. The minimum Gasteiger partial charge on any atom is -0.497 e. The molecular weight excluding hydrogens is 236 g/mol. The number of rotatable bonds is 5. The number of nitrogens with two attached hydrogens (primary N) is 1. The van der Waals surface area contributed by atoms with Crippen molar-refractivity contribution < 1.29 is 4.74 Å². The average Bonchev–Trinajstić information content (AvgIpc) is 2.42. The summed E-state index contributed by atoms with van der Waals surface area (Å²) in [5.41, 5.74) is 10.1. The predicted molar refractivity (Wildman–Crippen MR) is 80.8 cm³/mol. The predicted octanol–water partition coefficient (Wildman–Crippen LogP) is 3.24. The lowest BCUT2D eigenvalue weighted by Crippen LogP contribution is -2.06. The second-order valence-electron chi connectivity index (χ2n) is 4.60. The van der Waals surface area contributed by atoms with Gasteiger partial charge in [0.25, 0.3) is 0 Å². The van der Waals surface area contributed by atoms with Gasteiger partial charge in [-0.2, -0.15) is 0 Å². The Morgan fingerprint density at radius 2 is 1.84 bits per heavy atom. The first kappa shape index (κ1) is 13.3. The molecule has 0 aliphatic rings. The van der Waals surface area contributed by atoms with Gasteiger partial charge in [-0.1, -0.05) is 12.1 Å². The molecule has 19 heavy (non-hydrogen) atoms. The quantitative estimate of drug-likeness (QED) is 0.807. The fraction of sp³-hybridized carbons (Fsp3) is 0.250. The summed E-state index contributed by atoms with van der Waals surface area (Å²) < 4.78 is 5.14. The van der Waals surface area contributed by atoms with Crippen molar-refractivity contribution in [1.29, 1.82) is 0 Å². The van der Waals surface area contributed by atoms with E-state index < -0.39 is 0 Å². The molecule has 0 radical (unpaired) electrons. The normalized spacial score (nSPS) is 10.2. The minimum atomic E-state index is 0.804. The van der Waals surface area contributed by atoms with Gasteiger partial charge in [0, 0.05) is 17.9 Å². The Labute approximate surface area is 114 Å². The smallest absolute Gasteiger partial charge is 0.118 e. The number of nitrogen functional groups attached to an aromatic ring is 1. The van der Waals surface area contributed by atoms with E-state index in [2.05, 4.69) is 24.4 Å². The van der Waals surface area contributed by atoms with Crippen molar-refractivity contribution in [2.75, 3.05) is 24.7 Å². The van der Waals surface area contributed by atoms with Gasteiger partial charge in [-0.05, 0) is 54.8 Å². The molecule has 0 fully saturated rings. The highest BCUT2D eigenvalue weighted by Crippen LogP contribution is 2.18. The number of ether oxygens (including phenoxy) is 1. The fourth-order valence-corrected chi connectivity index (χ4v) is 2.02. The zero-order valence-corrected chi connectivity index (χ0v) is 11.4. The van der Waals surface area contributed by atoms with Crippen molar-refractivity contribution in [3.8, 4) is 5.75 Å². The molecule has 2 aromatic rings. The van der Waals surface area contributed by atoms with Crippen LogP contribution in [0.15, 0.2) is 42.5 Å². The first-order valence-corrected chi connectivity index (χ1v) is 6.42. The average molecular weight is 256 g/mol. The molecule has 2 rings (SSSR count). The van der Waals surface area contributed by atoms with Gasteiger partial charge in [-0.3, -0.25) is 0 Å². The second-order valence-corrected chi connectivity index (χ2v) is 4.60. The number of benzene rings is 2. The van der Waals surface area contributed by atoms with Crippen molar-refractivity contribution in [3.63, 3.8) is 0 Å². The molecule has 3 nitrogen and oxygen atoms in total. The number of hydrogen-bond donors (Lipinski definition) is 2. The van der Waals surface area contributed by atoms with Crippen LogP contribution in [0, 0.1) is 6.92 Å². The third kappa shape index (κ3) is 3.65. The molecule has 0 saturated carbocycles. The topological polar surface area (TPSA) is 47.3 Å². The number of aryl methyl sites for hydroxylation is 1. The highest BCUT2D eigenvalue weighted by molar-refractivity contribution is 5.57. The highest BCUT2D eigenvalue weighted by Gasteiger charge is 1.99. The van der Waals surface area contributed by atoms with E-state index in [1.165, 1.54) is 11.1 Å². The lowest BCUT2D eigenvalue weighted by molar-refractivity contribution is 0.414. The van der Waals surface area contributed by atoms with Crippen LogP contribution in [0.25, 0.3) is 0 Å². The van der Waals surface area contributed by atoms with E-state index in [-0.39, 0.29) is 0 Å². The van der Waals surface area contributed by atoms with Crippen LogP contribution in [0.2, 0.25) is 0 Å². The molecule has 0 aliphatic carbocycles. The minimum absolute atomic E-state index is 0.804. The molecule has 0 heterocycles.